The summed E-state index contributed by atoms with van der Waals surface area (Å²) in [5.74, 6) is -2.27. The van der Waals surface area contributed by atoms with Gasteiger partial charge in [-0.15, -0.1) is 0 Å². The first-order chi connectivity index (χ1) is 52.7. The minimum Gasteiger partial charge on any atom is -0.462 e. The van der Waals surface area contributed by atoms with Gasteiger partial charge < -0.3 is 33.8 Å². The third-order valence-electron chi connectivity index (χ3n) is 17.0. The molecule has 0 aliphatic carbocycles. The number of rotatable bonds is 77. The highest BCUT2D eigenvalue weighted by Gasteiger charge is 2.30. The van der Waals surface area contributed by atoms with Gasteiger partial charge in [0.1, 0.15) is 19.3 Å². The van der Waals surface area contributed by atoms with Crippen molar-refractivity contribution in [2.75, 3.05) is 39.6 Å². The number of hydrogen-bond acceptors (Lipinski definition) is 15. The molecule has 0 fully saturated rings. The van der Waals surface area contributed by atoms with E-state index in [2.05, 4.69) is 186 Å². The van der Waals surface area contributed by atoms with E-state index in [-0.39, 0.29) is 25.7 Å². The number of allylic oxidation sites excluding steroid dienone is 26. The SMILES string of the molecule is CC/C=C\C/C=C\C/C=C\C/C=C\C/C=C\CCCCCC(=O)OC[C@H](COP(=O)(O)OC[C@@H](O)COP(=O)(O)OC[C@@H](COC(=O)CCCCCCCCC/C=C\CCCCCC)OC(=O)CCCCC/C=C\C/C=C\C/C=C\C/C=C\C/C=C\CC)OC(=O)CCCCCCC/C=C\C/C=C\CCCCC. The van der Waals surface area contributed by atoms with Gasteiger partial charge in [0.05, 0.1) is 26.4 Å². The lowest BCUT2D eigenvalue weighted by atomic mass is 10.1. The Morgan fingerprint density at radius 2 is 0.481 bits per heavy atom. The van der Waals surface area contributed by atoms with Crippen LogP contribution < -0.4 is 0 Å². The molecule has 0 aromatic carbocycles. The first-order valence-electron chi connectivity index (χ1n) is 41.7. The predicted molar refractivity (Wildman–Crippen MR) is 445 cm³/mol. The van der Waals surface area contributed by atoms with Crippen LogP contribution in [0.1, 0.15) is 323 Å². The van der Waals surface area contributed by atoms with Gasteiger partial charge in [-0.3, -0.25) is 37.3 Å². The van der Waals surface area contributed by atoms with Crippen molar-refractivity contribution in [1.82, 2.24) is 0 Å². The predicted octanol–water partition coefficient (Wildman–Crippen LogP) is 24.8. The molecule has 0 aliphatic rings. The van der Waals surface area contributed by atoms with E-state index in [9.17, 15) is 43.2 Å². The number of aliphatic hydroxyl groups excluding tert-OH is 1. The maximum Gasteiger partial charge on any atom is 0.472 e. The Bertz CT molecular complexity index is 2660. The third kappa shape index (κ3) is 78.8. The highest BCUT2D eigenvalue weighted by molar-refractivity contribution is 7.47. The summed E-state index contributed by atoms with van der Waals surface area (Å²) in [6.45, 7) is 4.53. The molecule has 0 radical (unpaired) electrons. The standard InChI is InChI=1S/C89H148O17P2/c1-5-9-13-17-21-25-29-33-37-39-41-43-47-50-54-58-62-66-70-74-87(92)100-80-84(105-88(93)75-71-67-63-59-55-51-46-36-32-28-24-20-16-12-8-4)81-103-107(95,96)101-77-83(90)78-102-108(97,98)104-82-85(79-99-86(91)73-69-65-61-57-53-49-45-35-31-27-23-19-15-11-7-3)106-89(94)76-72-68-64-60-56-52-48-44-42-40-38-34-30-26-22-18-14-10-6-2/h9-10,13-14,21-22,24-28,31,33-34,36-38,41-44,46,50,52,54,56,83-85,90H,5-8,11-12,15-20,23,29-30,32,35,39-40,45,47-49,51,53,55,57-82H2,1-4H3,(H,95,96)(H,97,98)/b13-9-,14-10-,25-21-,26-22-,28-24-,31-27-,37-33-,38-34-,43-41-,44-42-,46-36-,54-50-,56-52-/t83-,84-,85-/m1/s1. The molecule has 616 valence electrons. The molecule has 108 heavy (non-hydrogen) atoms. The van der Waals surface area contributed by atoms with E-state index in [0.717, 1.165) is 193 Å². The summed E-state index contributed by atoms with van der Waals surface area (Å²) in [4.78, 5) is 73.2. The topological polar surface area (TPSA) is 237 Å². The van der Waals surface area contributed by atoms with Crippen LogP contribution in [-0.4, -0.2) is 96.7 Å². The highest BCUT2D eigenvalue weighted by Crippen LogP contribution is 2.45. The lowest BCUT2D eigenvalue weighted by Crippen LogP contribution is -2.30. The van der Waals surface area contributed by atoms with Crippen molar-refractivity contribution >= 4 is 39.5 Å². The lowest BCUT2D eigenvalue weighted by Gasteiger charge is -2.21. The van der Waals surface area contributed by atoms with E-state index in [1.807, 2.05) is 0 Å². The van der Waals surface area contributed by atoms with Gasteiger partial charge in [-0.2, -0.15) is 0 Å². The molecule has 0 aromatic rings. The second-order valence-electron chi connectivity index (χ2n) is 27.3. The smallest absolute Gasteiger partial charge is 0.462 e. The Balaban J connectivity index is 5.46. The molecule has 3 N–H and O–H groups in total. The highest BCUT2D eigenvalue weighted by atomic mass is 31.2. The number of carbonyl (C=O) groups is 4. The fourth-order valence-electron chi connectivity index (χ4n) is 10.7. The summed E-state index contributed by atoms with van der Waals surface area (Å²) in [6.07, 6.45) is 93.5. The number of carbonyl (C=O) groups excluding carboxylic acids is 4. The van der Waals surface area contributed by atoms with Crippen LogP contribution in [0.25, 0.3) is 0 Å². The number of phosphoric acid groups is 2. The van der Waals surface area contributed by atoms with Crippen LogP contribution in [-0.2, 0) is 65.4 Å². The van der Waals surface area contributed by atoms with Crippen LogP contribution in [0.2, 0.25) is 0 Å². The van der Waals surface area contributed by atoms with Gasteiger partial charge in [-0.1, -0.05) is 282 Å². The summed E-state index contributed by atoms with van der Waals surface area (Å²) in [5.41, 5.74) is 0. The molecule has 0 saturated carbocycles. The average Bonchev–Trinajstić information content (AvgIpc) is 0.914. The summed E-state index contributed by atoms with van der Waals surface area (Å²) >= 11 is 0. The minimum atomic E-state index is -5.00. The molecule has 0 aromatic heterocycles. The van der Waals surface area contributed by atoms with Crippen molar-refractivity contribution in [2.45, 2.75) is 341 Å². The number of phosphoric ester groups is 2. The molecule has 19 heteroatoms. The Morgan fingerprint density at radius 1 is 0.269 bits per heavy atom. The van der Waals surface area contributed by atoms with Crippen LogP contribution >= 0.6 is 15.6 Å². The maximum absolute atomic E-state index is 13.1. The molecule has 2 unspecified atom stereocenters. The number of aliphatic hydroxyl groups is 1. The number of esters is 4. The summed E-state index contributed by atoms with van der Waals surface area (Å²) in [5, 5.41) is 10.7. The average molecular weight is 1550 g/mol. The van der Waals surface area contributed by atoms with E-state index in [1.54, 1.807) is 0 Å². The molecule has 17 nitrogen and oxygen atoms in total. The van der Waals surface area contributed by atoms with Crippen molar-refractivity contribution in [1.29, 1.82) is 0 Å². The molecule has 0 aliphatic heterocycles. The molecule has 0 spiro atoms. The second-order valence-corrected chi connectivity index (χ2v) is 30.2. The summed E-state index contributed by atoms with van der Waals surface area (Å²) in [6, 6.07) is 0. The van der Waals surface area contributed by atoms with Gasteiger partial charge in [-0.25, -0.2) is 9.13 Å². The first kappa shape index (κ1) is 103. The molecule has 0 bridgehead atoms. The molecule has 0 amide bonds. The Hall–Kier alpha value is -5.32. The van der Waals surface area contributed by atoms with Crippen LogP contribution in [0.3, 0.4) is 0 Å². The molecular formula is C89H148O17P2. The number of unbranched alkanes of at least 4 members (excludes halogenated alkanes) is 25. The zero-order chi connectivity index (χ0) is 78.9. The van der Waals surface area contributed by atoms with Crippen molar-refractivity contribution in [2.24, 2.45) is 0 Å². The van der Waals surface area contributed by atoms with E-state index in [0.29, 0.717) is 25.7 Å². The van der Waals surface area contributed by atoms with Crippen molar-refractivity contribution in [3.8, 4) is 0 Å². The van der Waals surface area contributed by atoms with Gasteiger partial charge in [0.15, 0.2) is 12.2 Å². The fourth-order valence-corrected chi connectivity index (χ4v) is 12.2. The molecular weight excluding hydrogens is 1400 g/mol. The minimum absolute atomic E-state index is 0.0500. The Kier molecular flexibility index (Phi) is 75.8. The van der Waals surface area contributed by atoms with Crippen LogP contribution in [0.5, 0.6) is 0 Å². The van der Waals surface area contributed by atoms with Gasteiger partial charge >= 0.3 is 39.5 Å². The lowest BCUT2D eigenvalue weighted by molar-refractivity contribution is -0.161. The molecule has 0 rings (SSSR count). The number of ether oxygens (including phenoxy) is 4. The number of hydrogen-bond donors (Lipinski definition) is 3. The summed E-state index contributed by atoms with van der Waals surface area (Å²) < 4.78 is 68.7. The van der Waals surface area contributed by atoms with Crippen LogP contribution in [0.15, 0.2) is 158 Å². The molecule has 0 heterocycles. The summed E-state index contributed by atoms with van der Waals surface area (Å²) in [7, 11) is -10.00. The van der Waals surface area contributed by atoms with Gasteiger partial charge in [-0.05, 0) is 173 Å². The fraction of sp³-hybridized carbons (Fsp3) is 0.663. The van der Waals surface area contributed by atoms with E-state index >= 15 is 0 Å². The Labute approximate surface area is 655 Å². The van der Waals surface area contributed by atoms with E-state index in [1.165, 1.54) is 51.4 Å². The van der Waals surface area contributed by atoms with Crippen LogP contribution in [0.4, 0.5) is 0 Å². The molecule has 0 saturated heterocycles. The largest absolute Gasteiger partial charge is 0.472 e. The van der Waals surface area contributed by atoms with E-state index in [4.69, 9.17) is 37.0 Å². The Morgan fingerprint density at radius 3 is 0.778 bits per heavy atom. The van der Waals surface area contributed by atoms with Gasteiger partial charge in [0.25, 0.3) is 0 Å². The normalized spacial score (nSPS) is 14.6. The monoisotopic (exact) mass is 1550 g/mol. The van der Waals surface area contributed by atoms with Crippen molar-refractivity contribution in [3.63, 3.8) is 0 Å². The zero-order valence-electron chi connectivity index (χ0n) is 67.5. The van der Waals surface area contributed by atoms with Gasteiger partial charge in [0.2, 0.25) is 0 Å². The first-order valence-corrected chi connectivity index (χ1v) is 44.7. The van der Waals surface area contributed by atoms with Crippen LogP contribution in [0, 0.1) is 0 Å². The van der Waals surface area contributed by atoms with Crippen molar-refractivity contribution in [3.05, 3.63) is 158 Å². The molecule has 5 atom stereocenters. The van der Waals surface area contributed by atoms with E-state index < -0.39 is 97.5 Å². The second kappa shape index (κ2) is 79.8. The zero-order valence-corrected chi connectivity index (χ0v) is 69.3. The van der Waals surface area contributed by atoms with Crippen molar-refractivity contribution < 1.29 is 80.2 Å². The van der Waals surface area contributed by atoms with Gasteiger partial charge in [0, 0.05) is 25.7 Å². The quantitative estimate of drug-likeness (QED) is 0.0169. The maximum atomic E-state index is 13.1. The third-order valence-corrected chi connectivity index (χ3v) is 18.9.